The molecule has 0 radical (unpaired) electrons. The zero-order valence-corrected chi connectivity index (χ0v) is 19.6. The first-order chi connectivity index (χ1) is 16.6. The lowest BCUT2D eigenvalue weighted by Crippen LogP contribution is -2.35. The van der Waals surface area contributed by atoms with Crippen LogP contribution < -0.4 is 19.7 Å². The number of rotatable bonds is 6. The molecule has 0 aliphatic carbocycles. The van der Waals surface area contributed by atoms with Gasteiger partial charge in [0.05, 0.1) is 17.5 Å². The van der Waals surface area contributed by atoms with Crippen LogP contribution in [0.4, 0.5) is 5.69 Å². The number of carbonyl (C=O) groups excluding carboxylic acids is 2. The molecule has 2 aromatic carbocycles. The second kappa shape index (κ2) is 9.90. The molecule has 1 unspecified atom stereocenters. The highest BCUT2D eigenvalue weighted by Crippen LogP contribution is 2.34. The van der Waals surface area contributed by atoms with Gasteiger partial charge in [-0.25, -0.2) is 4.99 Å². The first-order valence-electron chi connectivity index (χ1n) is 11.2. The molecular formula is C25H25N3O5S. The lowest BCUT2D eigenvalue weighted by Gasteiger charge is -2.18. The summed E-state index contributed by atoms with van der Waals surface area (Å²) in [5.74, 6) is 1.10. The van der Waals surface area contributed by atoms with Crippen LogP contribution in [0.3, 0.4) is 0 Å². The van der Waals surface area contributed by atoms with Crippen molar-refractivity contribution in [3.63, 3.8) is 0 Å². The third-order valence-electron chi connectivity index (χ3n) is 5.71. The standard InChI is InChI=1S/C25H25N3O5S/c1-16-4-7-18(8-5-16)28-24(30)20(11-17-6-9-21-22(12-17)33-15-32-21)27-25(28)34-14-23(29)26-13-19-3-2-10-31-19/h4-9,11-12,19H,2-3,10,13-15H2,1H3,(H,26,29)/b20-11+. The molecule has 1 atom stereocenters. The van der Waals surface area contributed by atoms with Crippen molar-refractivity contribution in [3.05, 3.63) is 59.3 Å². The van der Waals surface area contributed by atoms with Crippen molar-refractivity contribution in [2.24, 2.45) is 4.99 Å². The molecule has 5 rings (SSSR count). The maximum absolute atomic E-state index is 13.3. The monoisotopic (exact) mass is 479 g/mol. The Hall–Kier alpha value is -3.30. The zero-order valence-electron chi connectivity index (χ0n) is 18.8. The summed E-state index contributed by atoms with van der Waals surface area (Å²) in [6, 6.07) is 13.1. The van der Waals surface area contributed by atoms with Crippen LogP contribution in [-0.2, 0) is 14.3 Å². The van der Waals surface area contributed by atoms with E-state index in [-0.39, 0.29) is 30.5 Å². The highest BCUT2D eigenvalue weighted by Gasteiger charge is 2.32. The van der Waals surface area contributed by atoms with Gasteiger partial charge in [-0.15, -0.1) is 0 Å². The number of aliphatic imine (C=N–C) groups is 1. The SMILES string of the molecule is Cc1ccc(N2C(=O)/C(=C\c3ccc4c(c3)OCO4)N=C2SCC(=O)NCC2CCCO2)cc1. The van der Waals surface area contributed by atoms with E-state index in [4.69, 9.17) is 14.2 Å². The number of hydrogen-bond acceptors (Lipinski definition) is 7. The number of amides is 2. The normalized spacial score (nSPS) is 20.2. The average molecular weight is 480 g/mol. The molecule has 9 heteroatoms. The minimum absolute atomic E-state index is 0.0830. The topological polar surface area (TPSA) is 89.5 Å². The van der Waals surface area contributed by atoms with Gasteiger partial charge in [0.15, 0.2) is 16.7 Å². The highest BCUT2D eigenvalue weighted by atomic mass is 32.2. The van der Waals surface area contributed by atoms with E-state index in [1.807, 2.05) is 49.4 Å². The molecule has 0 aromatic heterocycles. The summed E-state index contributed by atoms with van der Waals surface area (Å²) in [6.07, 6.45) is 3.79. The smallest absolute Gasteiger partial charge is 0.283 e. The van der Waals surface area contributed by atoms with Crippen molar-refractivity contribution in [1.82, 2.24) is 5.32 Å². The van der Waals surface area contributed by atoms with E-state index < -0.39 is 0 Å². The van der Waals surface area contributed by atoms with E-state index in [2.05, 4.69) is 10.3 Å². The minimum Gasteiger partial charge on any atom is -0.454 e. The molecular weight excluding hydrogens is 454 g/mol. The first-order valence-corrected chi connectivity index (χ1v) is 12.2. The number of aryl methyl sites for hydroxylation is 1. The Morgan fingerprint density at radius 3 is 2.82 bits per heavy atom. The summed E-state index contributed by atoms with van der Waals surface area (Å²) in [5, 5.41) is 3.38. The summed E-state index contributed by atoms with van der Waals surface area (Å²) < 4.78 is 16.4. The predicted octanol–water partition coefficient (Wildman–Crippen LogP) is 3.50. The van der Waals surface area contributed by atoms with Crippen LogP contribution in [0.25, 0.3) is 6.08 Å². The van der Waals surface area contributed by atoms with E-state index in [0.717, 1.165) is 30.6 Å². The molecule has 8 nitrogen and oxygen atoms in total. The Bertz CT molecular complexity index is 1160. The van der Waals surface area contributed by atoms with Crippen LogP contribution in [0.15, 0.2) is 53.2 Å². The van der Waals surface area contributed by atoms with Gasteiger partial charge in [-0.3, -0.25) is 14.5 Å². The molecule has 3 heterocycles. The van der Waals surface area contributed by atoms with Crippen LogP contribution in [-0.4, -0.2) is 48.8 Å². The van der Waals surface area contributed by atoms with Crippen molar-refractivity contribution >= 4 is 40.5 Å². The summed E-state index contributed by atoms with van der Waals surface area (Å²) in [4.78, 5) is 31.9. The fourth-order valence-electron chi connectivity index (χ4n) is 3.89. The number of carbonyl (C=O) groups is 2. The second-order valence-corrected chi connectivity index (χ2v) is 9.18. The maximum Gasteiger partial charge on any atom is 0.283 e. The third kappa shape index (κ3) is 4.95. The molecule has 2 aromatic rings. The summed E-state index contributed by atoms with van der Waals surface area (Å²) in [7, 11) is 0. The number of nitrogens with zero attached hydrogens (tertiary/aromatic N) is 2. The summed E-state index contributed by atoms with van der Waals surface area (Å²) in [6.45, 7) is 3.42. The van der Waals surface area contributed by atoms with Crippen molar-refractivity contribution < 1.29 is 23.8 Å². The molecule has 34 heavy (non-hydrogen) atoms. The molecule has 1 fully saturated rings. The van der Waals surface area contributed by atoms with Gasteiger partial charge in [-0.2, -0.15) is 0 Å². The Kier molecular flexibility index (Phi) is 6.55. The number of amidine groups is 1. The largest absolute Gasteiger partial charge is 0.454 e. The Balaban J connectivity index is 1.34. The summed E-state index contributed by atoms with van der Waals surface area (Å²) in [5.41, 5.74) is 2.87. The van der Waals surface area contributed by atoms with E-state index in [0.29, 0.717) is 34.6 Å². The van der Waals surface area contributed by atoms with Crippen LogP contribution >= 0.6 is 11.8 Å². The van der Waals surface area contributed by atoms with Gasteiger partial charge in [0.1, 0.15) is 5.70 Å². The van der Waals surface area contributed by atoms with E-state index in [1.54, 1.807) is 11.0 Å². The van der Waals surface area contributed by atoms with Gasteiger partial charge in [-0.05, 0) is 55.7 Å². The molecule has 1 N–H and O–H groups in total. The van der Waals surface area contributed by atoms with E-state index in [1.165, 1.54) is 11.8 Å². The van der Waals surface area contributed by atoms with Crippen molar-refractivity contribution in [1.29, 1.82) is 0 Å². The van der Waals surface area contributed by atoms with E-state index >= 15 is 0 Å². The number of thioether (sulfide) groups is 1. The van der Waals surface area contributed by atoms with Crippen LogP contribution in [0.1, 0.15) is 24.0 Å². The molecule has 0 bridgehead atoms. The van der Waals surface area contributed by atoms with Gasteiger partial charge in [0.2, 0.25) is 12.7 Å². The van der Waals surface area contributed by atoms with Crippen LogP contribution in [0.2, 0.25) is 0 Å². The molecule has 2 amide bonds. The molecule has 3 aliphatic heterocycles. The maximum atomic E-state index is 13.3. The van der Waals surface area contributed by atoms with Crippen molar-refractivity contribution in [3.8, 4) is 11.5 Å². The van der Waals surface area contributed by atoms with Gasteiger partial charge in [-0.1, -0.05) is 35.5 Å². The molecule has 0 spiro atoms. The molecule has 0 saturated carbocycles. The number of benzene rings is 2. The number of ether oxygens (including phenoxy) is 3. The van der Waals surface area contributed by atoms with Crippen LogP contribution in [0.5, 0.6) is 11.5 Å². The lowest BCUT2D eigenvalue weighted by atomic mass is 10.1. The number of hydrogen-bond donors (Lipinski definition) is 1. The molecule has 176 valence electrons. The Labute approximate surface area is 202 Å². The lowest BCUT2D eigenvalue weighted by molar-refractivity contribution is -0.119. The van der Waals surface area contributed by atoms with Gasteiger partial charge in [0, 0.05) is 13.2 Å². The number of fused-ring (bicyclic) bond motifs is 1. The van der Waals surface area contributed by atoms with Gasteiger partial charge >= 0.3 is 0 Å². The third-order valence-corrected chi connectivity index (χ3v) is 6.64. The van der Waals surface area contributed by atoms with Crippen molar-refractivity contribution in [2.75, 3.05) is 30.6 Å². The van der Waals surface area contributed by atoms with Gasteiger partial charge in [0.25, 0.3) is 5.91 Å². The van der Waals surface area contributed by atoms with Crippen molar-refractivity contribution in [2.45, 2.75) is 25.9 Å². The fraction of sp³-hybridized carbons (Fsp3) is 0.320. The number of nitrogens with one attached hydrogen (secondary N) is 1. The van der Waals surface area contributed by atoms with E-state index in [9.17, 15) is 9.59 Å². The Morgan fingerprint density at radius 1 is 1.21 bits per heavy atom. The highest BCUT2D eigenvalue weighted by molar-refractivity contribution is 8.14. The van der Waals surface area contributed by atoms with Crippen LogP contribution in [0, 0.1) is 6.92 Å². The predicted molar refractivity (Wildman–Crippen MR) is 131 cm³/mol. The van der Waals surface area contributed by atoms with Gasteiger partial charge < -0.3 is 19.5 Å². The first kappa shape index (κ1) is 22.5. The zero-order chi connectivity index (χ0) is 23.5. The average Bonchev–Trinajstić information content (AvgIpc) is 3.58. The Morgan fingerprint density at radius 2 is 2.03 bits per heavy atom. The minimum atomic E-state index is -0.246. The summed E-state index contributed by atoms with van der Waals surface area (Å²) >= 11 is 1.24. The number of anilines is 1. The molecule has 3 aliphatic rings. The quantitative estimate of drug-likeness (QED) is 0.638. The molecule has 1 saturated heterocycles. The fourth-order valence-corrected chi connectivity index (χ4v) is 4.73. The second-order valence-electron chi connectivity index (χ2n) is 8.24.